The van der Waals surface area contributed by atoms with Gasteiger partial charge in [-0.15, -0.1) is 0 Å². The lowest BCUT2D eigenvalue weighted by atomic mass is 10.1. The molecule has 0 aromatic heterocycles. The van der Waals surface area contributed by atoms with Crippen LogP contribution in [0, 0.1) is 6.92 Å². The number of urea groups is 1. The Labute approximate surface area is 196 Å². The third-order valence-electron chi connectivity index (χ3n) is 5.36. The Balaban J connectivity index is 1.34. The van der Waals surface area contributed by atoms with Gasteiger partial charge in [-0.25, -0.2) is 4.79 Å². The first-order valence-electron chi connectivity index (χ1n) is 11.0. The zero-order valence-electron chi connectivity index (χ0n) is 19.0. The summed E-state index contributed by atoms with van der Waals surface area (Å²) in [5.41, 5.74) is 3.34. The minimum atomic E-state index is -4.34. The number of hydrogen-bond acceptors (Lipinski definition) is 4. The number of nitrogens with one attached hydrogen (secondary N) is 2. The Kier molecular flexibility index (Phi) is 8.89. The zero-order valence-corrected chi connectivity index (χ0v) is 19.0. The molecule has 184 valence electrons. The SMILES string of the molecule is Cc1ccc(NC(=O)CN2CCN(C(=O)NCc3ccc(COCC(F)(F)F)cc3)CC2)cc1. The van der Waals surface area contributed by atoms with Crippen molar-refractivity contribution in [3.05, 3.63) is 65.2 Å². The molecule has 1 aliphatic heterocycles. The van der Waals surface area contributed by atoms with Crippen LogP contribution >= 0.6 is 0 Å². The van der Waals surface area contributed by atoms with Gasteiger partial charge in [0.2, 0.25) is 5.91 Å². The minimum absolute atomic E-state index is 0.0889. The first kappa shape index (κ1) is 25.5. The standard InChI is InChI=1S/C24H29F3N4O3/c1-18-2-8-21(9-3-18)29-22(32)15-30-10-12-31(13-11-30)23(33)28-14-19-4-6-20(7-5-19)16-34-17-24(25,26)27/h2-9H,10-17H2,1H3,(H,28,33)(H,29,32). The van der Waals surface area contributed by atoms with Gasteiger partial charge in [0.25, 0.3) is 0 Å². The molecule has 3 amide bonds. The number of ether oxygens (including phenoxy) is 1. The van der Waals surface area contributed by atoms with Gasteiger partial charge in [0.1, 0.15) is 6.61 Å². The molecule has 2 N–H and O–H groups in total. The summed E-state index contributed by atoms with van der Waals surface area (Å²) in [6.07, 6.45) is -4.34. The Morgan fingerprint density at radius 3 is 2.18 bits per heavy atom. The Morgan fingerprint density at radius 2 is 1.56 bits per heavy atom. The van der Waals surface area contributed by atoms with E-state index in [1.54, 1.807) is 29.2 Å². The highest BCUT2D eigenvalue weighted by Gasteiger charge is 2.27. The number of carbonyl (C=O) groups excluding carboxylic acids is 2. The summed E-state index contributed by atoms with van der Waals surface area (Å²) < 4.78 is 41.0. The highest BCUT2D eigenvalue weighted by atomic mass is 19.4. The van der Waals surface area contributed by atoms with Crippen molar-refractivity contribution in [2.24, 2.45) is 0 Å². The van der Waals surface area contributed by atoms with E-state index in [9.17, 15) is 22.8 Å². The quantitative estimate of drug-likeness (QED) is 0.609. The third-order valence-corrected chi connectivity index (χ3v) is 5.36. The van der Waals surface area contributed by atoms with Gasteiger partial charge < -0.3 is 20.3 Å². The first-order valence-corrected chi connectivity index (χ1v) is 11.0. The molecule has 0 aliphatic carbocycles. The predicted octanol–water partition coefficient (Wildman–Crippen LogP) is 3.54. The summed E-state index contributed by atoms with van der Waals surface area (Å²) in [4.78, 5) is 28.4. The number of rotatable bonds is 8. The molecule has 1 aliphatic rings. The van der Waals surface area contributed by atoms with Gasteiger partial charge in [0.15, 0.2) is 0 Å². The Morgan fingerprint density at radius 1 is 0.941 bits per heavy atom. The predicted molar refractivity (Wildman–Crippen MR) is 122 cm³/mol. The fraction of sp³-hybridized carbons (Fsp3) is 0.417. The molecule has 0 spiro atoms. The third kappa shape index (κ3) is 8.68. The van der Waals surface area contributed by atoms with Crippen LogP contribution in [0.1, 0.15) is 16.7 Å². The molecule has 0 bridgehead atoms. The Bertz CT molecular complexity index is 941. The number of aryl methyl sites for hydroxylation is 1. The number of carbonyl (C=O) groups is 2. The van der Waals surface area contributed by atoms with Gasteiger partial charge in [-0.05, 0) is 30.2 Å². The van der Waals surface area contributed by atoms with E-state index >= 15 is 0 Å². The average Bonchev–Trinajstić information content (AvgIpc) is 2.79. The van der Waals surface area contributed by atoms with Crippen LogP contribution in [0.15, 0.2) is 48.5 Å². The van der Waals surface area contributed by atoms with Crippen LogP contribution in [0.25, 0.3) is 0 Å². The first-order chi connectivity index (χ1) is 16.2. The van der Waals surface area contributed by atoms with Crippen molar-refractivity contribution in [2.45, 2.75) is 26.3 Å². The molecule has 1 fully saturated rings. The van der Waals surface area contributed by atoms with Gasteiger partial charge in [0.05, 0.1) is 13.2 Å². The van der Waals surface area contributed by atoms with E-state index < -0.39 is 12.8 Å². The van der Waals surface area contributed by atoms with Gasteiger partial charge in [0, 0.05) is 38.4 Å². The smallest absolute Gasteiger partial charge is 0.367 e. The van der Waals surface area contributed by atoms with Crippen molar-refractivity contribution in [1.82, 2.24) is 15.1 Å². The molecule has 34 heavy (non-hydrogen) atoms. The van der Waals surface area contributed by atoms with Crippen molar-refractivity contribution >= 4 is 17.6 Å². The van der Waals surface area contributed by atoms with Crippen molar-refractivity contribution in [3.63, 3.8) is 0 Å². The van der Waals surface area contributed by atoms with E-state index in [0.717, 1.165) is 16.8 Å². The molecule has 2 aromatic carbocycles. The van der Waals surface area contributed by atoms with Gasteiger partial charge >= 0.3 is 12.2 Å². The van der Waals surface area contributed by atoms with E-state index in [1.165, 1.54) is 0 Å². The van der Waals surface area contributed by atoms with Crippen molar-refractivity contribution in [3.8, 4) is 0 Å². The maximum Gasteiger partial charge on any atom is 0.411 e. The largest absolute Gasteiger partial charge is 0.411 e. The second-order valence-electron chi connectivity index (χ2n) is 8.26. The summed E-state index contributed by atoms with van der Waals surface area (Å²) in [6, 6.07) is 14.3. The normalized spacial score (nSPS) is 14.6. The van der Waals surface area contributed by atoms with E-state index in [2.05, 4.69) is 15.4 Å². The van der Waals surface area contributed by atoms with E-state index in [0.29, 0.717) is 38.3 Å². The lowest BCUT2D eigenvalue weighted by Gasteiger charge is -2.34. The molecule has 10 heteroatoms. The van der Waals surface area contributed by atoms with Crippen molar-refractivity contribution in [1.29, 1.82) is 0 Å². The Hall–Kier alpha value is -3.11. The second-order valence-corrected chi connectivity index (χ2v) is 8.26. The maximum atomic E-state index is 12.5. The van der Waals surface area contributed by atoms with Crippen molar-refractivity contribution < 1.29 is 27.5 Å². The molecule has 0 saturated carbocycles. The monoisotopic (exact) mass is 478 g/mol. The van der Waals surface area contributed by atoms with Gasteiger partial charge in [-0.1, -0.05) is 42.0 Å². The van der Waals surface area contributed by atoms with Crippen LogP contribution in [-0.2, 0) is 22.7 Å². The molecule has 2 aromatic rings. The fourth-order valence-electron chi connectivity index (χ4n) is 3.48. The number of anilines is 1. The molecule has 0 radical (unpaired) electrons. The molecule has 3 rings (SSSR count). The highest BCUT2D eigenvalue weighted by Crippen LogP contribution is 2.16. The summed E-state index contributed by atoms with van der Waals surface area (Å²) in [5, 5.41) is 5.73. The molecule has 0 atom stereocenters. The van der Waals surface area contributed by atoms with E-state index in [-0.39, 0.29) is 25.1 Å². The van der Waals surface area contributed by atoms with E-state index in [4.69, 9.17) is 0 Å². The number of piperazine rings is 1. The number of halogens is 3. The number of hydrogen-bond donors (Lipinski definition) is 2. The zero-order chi connectivity index (χ0) is 24.6. The van der Waals surface area contributed by atoms with Crippen LogP contribution in [0.5, 0.6) is 0 Å². The summed E-state index contributed by atoms with van der Waals surface area (Å²) in [5.74, 6) is -0.0889. The molecular formula is C24H29F3N4O3. The van der Waals surface area contributed by atoms with Crippen LogP contribution in [0.2, 0.25) is 0 Å². The molecule has 0 unspecified atom stereocenters. The second kappa shape index (κ2) is 11.8. The number of nitrogens with zero attached hydrogens (tertiary/aromatic N) is 2. The molecule has 1 saturated heterocycles. The molecule has 7 nitrogen and oxygen atoms in total. The molecular weight excluding hydrogens is 449 g/mol. The minimum Gasteiger partial charge on any atom is -0.367 e. The molecule has 1 heterocycles. The van der Waals surface area contributed by atoms with Crippen LogP contribution in [-0.4, -0.2) is 67.2 Å². The van der Waals surface area contributed by atoms with Crippen molar-refractivity contribution in [2.75, 3.05) is 44.6 Å². The maximum absolute atomic E-state index is 12.5. The fourth-order valence-corrected chi connectivity index (χ4v) is 3.48. The lowest BCUT2D eigenvalue weighted by Crippen LogP contribution is -2.52. The van der Waals surface area contributed by atoms with E-state index in [1.807, 2.05) is 36.1 Å². The average molecular weight is 479 g/mol. The number of benzene rings is 2. The number of amides is 3. The van der Waals surface area contributed by atoms with Gasteiger partial charge in [-0.2, -0.15) is 13.2 Å². The summed E-state index contributed by atoms with van der Waals surface area (Å²) >= 11 is 0. The van der Waals surface area contributed by atoms with Crippen LogP contribution < -0.4 is 10.6 Å². The summed E-state index contributed by atoms with van der Waals surface area (Å²) in [6.45, 7) is 3.37. The number of alkyl halides is 3. The topological polar surface area (TPSA) is 73.9 Å². The summed E-state index contributed by atoms with van der Waals surface area (Å²) in [7, 11) is 0. The lowest BCUT2D eigenvalue weighted by molar-refractivity contribution is -0.176. The van der Waals surface area contributed by atoms with Gasteiger partial charge in [-0.3, -0.25) is 9.69 Å². The van der Waals surface area contributed by atoms with Crippen LogP contribution in [0.4, 0.5) is 23.7 Å². The van der Waals surface area contributed by atoms with Crippen LogP contribution in [0.3, 0.4) is 0 Å². The highest BCUT2D eigenvalue weighted by molar-refractivity contribution is 5.92.